The van der Waals surface area contributed by atoms with Crippen molar-refractivity contribution in [3.63, 3.8) is 0 Å². The average Bonchev–Trinajstić information content (AvgIpc) is 2.77. The van der Waals surface area contributed by atoms with E-state index in [9.17, 15) is 10.0 Å². The molecule has 1 aliphatic carbocycles. The van der Waals surface area contributed by atoms with Gasteiger partial charge in [0.15, 0.2) is 0 Å². The number of nitrogens with zero attached hydrogens (tertiary/aromatic N) is 1. The van der Waals surface area contributed by atoms with Crippen LogP contribution in [0.25, 0.3) is 0 Å². The highest BCUT2D eigenvalue weighted by atomic mass is 16.5. The Morgan fingerprint density at radius 3 is 2.88 bits per heavy atom. The highest BCUT2D eigenvalue weighted by Crippen LogP contribution is 2.36. The molecule has 2 rings (SSSR count). The Hall–Kier alpha value is -1.55. The number of hydrogen-bond acceptors (Lipinski definition) is 2. The lowest BCUT2D eigenvalue weighted by Gasteiger charge is -2.20. The van der Waals surface area contributed by atoms with Gasteiger partial charge in [-0.1, -0.05) is 29.8 Å². The Kier molecular flexibility index (Phi) is 3.33. The molecule has 0 bridgehead atoms. The lowest BCUT2D eigenvalue weighted by Crippen LogP contribution is -2.39. The number of benzene rings is 1. The van der Waals surface area contributed by atoms with Crippen molar-refractivity contribution < 1.29 is 10.0 Å². The van der Waals surface area contributed by atoms with E-state index in [0.717, 1.165) is 19.3 Å². The van der Waals surface area contributed by atoms with Gasteiger partial charge in [-0.3, -0.25) is 5.21 Å². The van der Waals surface area contributed by atoms with E-state index < -0.39 is 6.03 Å². The smallest absolute Gasteiger partial charge is 0.338 e. The summed E-state index contributed by atoms with van der Waals surface area (Å²) in [6.07, 6.45) is 2.57. The van der Waals surface area contributed by atoms with Gasteiger partial charge in [-0.15, -0.1) is 0 Å². The van der Waals surface area contributed by atoms with Crippen LogP contribution in [0.15, 0.2) is 24.3 Å². The monoisotopic (exact) mass is 234 g/mol. The van der Waals surface area contributed by atoms with Gasteiger partial charge in [0.05, 0.1) is 6.04 Å². The molecule has 0 unspecified atom stereocenters. The fraction of sp³-hybridized carbons (Fsp3) is 0.462. The molecule has 0 heterocycles. The van der Waals surface area contributed by atoms with Crippen molar-refractivity contribution in [1.82, 2.24) is 5.06 Å². The SMILES string of the molecule is Cc1cccc([C@@H]2CC[C@@H](N(O)C(N)=O)C2)c1. The maximum Gasteiger partial charge on any atom is 0.338 e. The number of urea groups is 1. The Bertz CT molecular complexity index is 420. The van der Waals surface area contributed by atoms with Crippen molar-refractivity contribution in [3.8, 4) is 0 Å². The highest BCUT2D eigenvalue weighted by Gasteiger charge is 2.31. The second kappa shape index (κ2) is 4.75. The largest absolute Gasteiger partial charge is 0.350 e. The maximum atomic E-state index is 10.9. The van der Waals surface area contributed by atoms with Crippen LogP contribution >= 0.6 is 0 Å². The molecule has 2 amide bonds. The summed E-state index contributed by atoms with van der Waals surface area (Å²) in [6.45, 7) is 2.07. The second-order valence-electron chi connectivity index (χ2n) is 4.76. The van der Waals surface area contributed by atoms with E-state index in [-0.39, 0.29) is 6.04 Å². The number of aryl methyl sites for hydroxylation is 1. The topological polar surface area (TPSA) is 66.6 Å². The maximum absolute atomic E-state index is 10.9. The predicted molar refractivity (Wildman–Crippen MR) is 64.8 cm³/mol. The molecule has 1 aromatic rings. The van der Waals surface area contributed by atoms with E-state index in [1.807, 2.05) is 6.07 Å². The lowest BCUT2D eigenvalue weighted by atomic mass is 9.96. The minimum absolute atomic E-state index is 0.141. The van der Waals surface area contributed by atoms with Crippen molar-refractivity contribution in [2.24, 2.45) is 5.73 Å². The van der Waals surface area contributed by atoms with E-state index >= 15 is 0 Å². The van der Waals surface area contributed by atoms with Crippen LogP contribution in [0.1, 0.15) is 36.3 Å². The van der Waals surface area contributed by atoms with Crippen LogP contribution in [0.4, 0.5) is 4.79 Å². The van der Waals surface area contributed by atoms with Crippen molar-refractivity contribution in [3.05, 3.63) is 35.4 Å². The molecule has 17 heavy (non-hydrogen) atoms. The van der Waals surface area contributed by atoms with Crippen molar-refractivity contribution >= 4 is 6.03 Å². The van der Waals surface area contributed by atoms with Gasteiger partial charge >= 0.3 is 6.03 Å². The van der Waals surface area contributed by atoms with Gasteiger partial charge in [-0.25, -0.2) is 9.86 Å². The summed E-state index contributed by atoms with van der Waals surface area (Å²) in [4.78, 5) is 10.9. The minimum Gasteiger partial charge on any atom is -0.350 e. The number of rotatable bonds is 2. The summed E-state index contributed by atoms with van der Waals surface area (Å²) in [6, 6.07) is 7.48. The number of carbonyl (C=O) groups is 1. The normalized spacial score (nSPS) is 23.6. The van der Waals surface area contributed by atoms with Crippen molar-refractivity contribution in [2.75, 3.05) is 0 Å². The third kappa shape index (κ3) is 2.58. The Morgan fingerprint density at radius 1 is 1.47 bits per heavy atom. The summed E-state index contributed by atoms with van der Waals surface area (Å²) in [5.41, 5.74) is 7.58. The van der Waals surface area contributed by atoms with Crippen LogP contribution in [0.5, 0.6) is 0 Å². The highest BCUT2D eigenvalue weighted by molar-refractivity contribution is 5.70. The van der Waals surface area contributed by atoms with Crippen LogP contribution in [-0.2, 0) is 0 Å². The lowest BCUT2D eigenvalue weighted by molar-refractivity contribution is -0.0730. The first-order valence-electron chi connectivity index (χ1n) is 5.92. The molecule has 1 aromatic carbocycles. The quantitative estimate of drug-likeness (QED) is 0.609. The number of amides is 2. The second-order valence-corrected chi connectivity index (χ2v) is 4.76. The first kappa shape index (κ1) is 11.9. The third-order valence-corrected chi connectivity index (χ3v) is 3.49. The number of hydroxylamine groups is 2. The molecule has 0 aromatic heterocycles. The first-order valence-corrected chi connectivity index (χ1v) is 5.92. The Balaban J connectivity index is 2.05. The molecule has 2 atom stereocenters. The van der Waals surface area contributed by atoms with Crippen molar-refractivity contribution in [2.45, 2.75) is 38.1 Å². The molecule has 1 aliphatic rings. The molecule has 1 saturated carbocycles. The van der Waals surface area contributed by atoms with E-state index in [0.29, 0.717) is 11.0 Å². The fourth-order valence-electron chi connectivity index (χ4n) is 2.59. The van der Waals surface area contributed by atoms with Crippen LogP contribution < -0.4 is 5.73 Å². The predicted octanol–water partition coefficient (Wildman–Crippen LogP) is 2.40. The Morgan fingerprint density at radius 2 is 2.24 bits per heavy atom. The summed E-state index contributed by atoms with van der Waals surface area (Å²) >= 11 is 0. The number of primary amides is 1. The standard InChI is InChI=1S/C13H18N2O2/c1-9-3-2-4-10(7-9)11-5-6-12(8-11)15(17)13(14)16/h2-4,7,11-12,17H,5-6,8H2,1H3,(H2,14,16)/t11-,12-/m1/s1. The van der Waals surface area contributed by atoms with Gasteiger partial charge in [0, 0.05) is 0 Å². The van der Waals surface area contributed by atoms with Gasteiger partial charge < -0.3 is 5.73 Å². The third-order valence-electron chi connectivity index (χ3n) is 3.49. The molecule has 0 aliphatic heterocycles. The van der Waals surface area contributed by atoms with Gasteiger partial charge in [0.1, 0.15) is 0 Å². The zero-order chi connectivity index (χ0) is 12.4. The van der Waals surface area contributed by atoms with Crippen LogP contribution in [-0.4, -0.2) is 22.3 Å². The number of carbonyl (C=O) groups excluding carboxylic acids is 1. The first-order chi connectivity index (χ1) is 8.08. The van der Waals surface area contributed by atoms with Crippen LogP contribution in [0.3, 0.4) is 0 Å². The van der Waals surface area contributed by atoms with Crippen molar-refractivity contribution in [1.29, 1.82) is 0 Å². The summed E-state index contributed by atoms with van der Waals surface area (Å²) in [7, 11) is 0. The van der Waals surface area contributed by atoms with Gasteiger partial charge in [0.25, 0.3) is 0 Å². The zero-order valence-corrected chi connectivity index (χ0v) is 9.97. The molecule has 92 valence electrons. The molecule has 4 heteroatoms. The van der Waals surface area contributed by atoms with E-state index in [4.69, 9.17) is 5.73 Å². The number of nitrogens with two attached hydrogens (primary N) is 1. The van der Waals surface area contributed by atoms with E-state index in [1.165, 1.54) is 11.1 Å². The molecular weight excluding hydrogens is 216 g/mol. The van der Waals surface area contributed by atoms with E-state index in [2.05, 4.69) is 25.1 Å². The van der Waals surface area contributed by atoms with Crippen LogP contribution in [0.2, 0.25) is 0 Å². The van der Waals surface area contributed by atoms with Crippen LogP contribution in [0, 0.1) is 6.92 Å². The molecule has 3 N–H and O–H groups in total. The van der Waals surface area contributed by atoms with Gasteiger partial charge in [-0.2, -0.15) is 0 Å². The Labute approximate surface area is 101 Å². The van der Waals surface area contributed by atoms with Gasteiger partial charge in [0.2, 0.25) is 0 Å². The zero-order valence-electron chi connectivity index (χ0n) is 9.97. The van der Waals surface area contributed by atoms with Gasteiger partial charge in [-0.05, 0) is 37.7 Å². The molecule has 0 spiro atoms. The summed E-state index contributed by atoms with van der Waals surface area (Å²) < 4.78 is 0. The number of hydrogen-bond donors (Lipinski definition) is 2. The molecule has 4 nitrogen and oxygen atoms in total. The molecule has 0 radical (unpaired) electrons. The molecule has 1 fully saturated rings. The summed E-state index contributed by atoms with van der Waals surface area (Å²) in [5.74, 6) is 0.411. The summed E-state index contributed by atoms with van der Waals surface area (Å²) in [5, 5.41) is 10.2. The average molecular weight is 234 g/mol. The molecule has 0 saturated heterocycles. The minimum atomic E-state index is -0.764. The van der Waals surface area contributed by atoms with E-state index in [1.54, 1.807) is 0 Å². The fourth-order valence-corrected chi connectivity index (χ4v) is 2.59. The molecular formula is C13H18N2O2.